The molecular weight excluding hydrogens is 411 g/mol. The summed E-state index contributed by atoms with van der Waals surface area (Å²) in [6.07, 6.45) is 0. The van der Waals surface area contributed by atoms with Gasteiger partial charge in [-0.15, -0.1) is 10.2 Å². The van der Waals surface area contributed by atoms with Gasteiger partial charge in [0.2, 0.25) is 5.78 Å². The van der Waals surface area contributed by atoms with Crippen molar-refractivity contribution >= 4 is 22.5 Å². The van der Waals surface area contributed by atoms with Crippen LogP contribution in [0.4, 0.5) is 4.39 Å². The average molecular weight is 428 g/mol. The summed E-state index contributed by atoms with van der Waals surface area (Å²) in [5.74, 6) is 0.920. The molecule has 0 fully saturated rings. The van der Waals surface area contributed by atoms with E-state index in [2.05, 4.69) is 10.2 Å². The van der Waals surface area contributed by atoms with Crippen LogP contribution in [0.3, 0.4) is 0 Å². The fourth-order valence-electron chi connectivity index (χ4n) is 3.60. The molecule has 0 amide bonds. The number of para-hydroxylation sites is 1. The number of nitrogens with zero attached hydrogens (tertiary/aromatic N) is 4. The van der Waals surface area contributed by atoms with E-state index in [0.717, 1.165) is 0 Å². The Kier molecular flexibility index (Phi) is 4.74. The van der Waals surface area contributed by atoms with Gasteiger partial charge in [-0.2, -0.15) is 0 Å². The molecule has 5 rings (SSSR count). The predicted octanol–water partition coefficient (Wildman–Crippen LogP) is 3.53. The van der Waals surface area contributed by atoms with Crippen LogP contribution in [0.25, 0.3) is 16.7 Å². The minimum Gasteiger partial charge on any atom is -0.486 e. The SMILES string of the molecule is Cn1c(=O)c2ccccc2n2c(COc3ccc(C(=O)c4ccc(F)cc4)cc3)nnc12. The monoisotopic (exact) mass is 428 g/mol. The maximum absolute atomic E-state index is 13.1. The van der Waals surface area contributed by atoms with Gasteiger partial charge in [-0.1, -0.05) is 12.1 Å². The van der Waals surface area contributed by atoms with Crippen LogP contribution < -0.4 is 10.3 Å². The van der Waals surface area contributed by atoms with E-state index in [9.17, 15) is 14.0 Å². The molecule has 0 N–H and O–H groups in total. The van der Waals surface area contributed by atoms with Crippen molar-refractivity contribution in [1.29, 1.82) is 0 Å². The van der Waals surface area contributed by atoms with Crippen molar-refractivity contribution in [2.24, 2.45) is 7.05 Å². The minimum atomic E-state index is -0.390. The molecule has 0 aliphatic heterocycles. The lowest BCUT2D eigenvalue weighted by atomic mass is 10.0. The number of hydrogen-bond acceptors (Lipinski definition) is 5. The first kappa shape index (κ1) is 19.6. The Morgan fingerprint density at radius 3 is 2.31 bits per heavy atom. The Labute approximate surface area is 181 Å². The zero-order valence-electron chi connectivity index (χ0n) is 17.0. The molecule has 7 nitrogen and oxygen atoms in total. The van der Waals surface area contributed by atoms with Gasteiger partial charge < -0.3 is 4.74 Å². The van der Waals surface area contributed by atoms with Crippen LogP contribution in [-0.4, -0.2) is 24.9 Å². The van der Waals surface area contributed by atoms with Gasteiger partial charge in [-0.05, 0) is 60.7 Å². The Morgan fingerprint density at radius 2 is 1.59 bits per heavy atom. The molecule has 0 spiro atoms. The number of aryl methyl sites for hydroxylation is 1. The molecule has 0 aliphatic rings. The molecule has 0 radical (unpaired) electrons. The molecule has 0 saturated carbocycles. The van der Waals surface area contributed by atoms with Gasteiger partial charge in [-0.3, -0.25) is 18.6 Å². The molecule has 8 heteroatoms. The quantitative estimate of drug-likeness (QED) is 0.400. The zero-order chi connectivity index (χ0) is 22.2. The van der Waals surface area contributed by atoms with E-state index < -0.39 is 0 Å². The van der Waals surface area contributed by atoms with Crippen LogP contribution in [0.5, 0.6) is 5.75 Å². The van der Waals surface area contributed by atoms with Crippen LogP contribution in [0, 0.1) is 5.82 Å². The zero-order valence-corrected chi connectivity index (χ0v) is 17.0. The Morgan fingerprint density at radius 1 is 0.938 bits per heavy atom. The third kappa shape index (κ3) is 3.31. The highest BCUT2D eigenvalue weighted by molar-refractivity contribution is 6.09. The Hall–Kier alpha value is -4.33. The number of benzene rings is 3. The van der Waals surface area contributed by atoms with Crippen molar-refractivity contribution in [2.75, 3.05) is 0 Å². The van der Waals surface area contributed by atoms with Gasteiger partial charge in [0.25, 0.3) is 5.56 Å². The van der Waals surface area contributed by atoms with Crippen molar-refractivity contribution in [3.05, 3.63) is 106 Å². The van der Waals surface area contributed by atoms with E-state index in [-0.39, 0.29) is 23.8 Å². The summed E-state index contributed by atoms with van der Waals surface area (Å²) in [4.78, 5) is 25.1. The smallest absolute Gasteiger partial charge is 0.262 e. The Balaban J connectivity index is 1.40. The minimum absolute atomic E-state index is 0.120. The summed E-state index contributed by atoms with van der Waals surface area (Å²) >= 11 is 0. The third-order valence-corrected chi connectivity index (χ3v) is 5.28. The lowest BCUT2D eigenvalue weighted by Gasteiger charge is -2.09. The second kappa shape index (κ2) is 7.73. The number of rotatable bonds is 5. The lowest BCUT2D eigenvalue weighted by Crippen LogP contribution is -2.20. The molecule has 2 heterocycles. The molecule has 0 unspecified atom stereocenters. The number of halogens is 1. The molecule has 0 aliphatic carbocycles. The van der Waals surface area contributed by atoms with E-state index in [0.29, 0.717) is 39.4 Å². The summed E-state index contributed by atoms with van der Waals surface area (Å²) in [7, 11) is 1.65. The summed E-state index contributed by atoms with van der Waals surface area (Å²) < 4.78 is 22.2. The van der Waals surface area contributed by atoms with Crippen molar-refractivity contribution in [3.8, 4) is 5.75 Å². The summed E-state index contributed by atoms with van der Waals surface area (Å²) in [6, 6.07) is 19.4. The van der Waals surface area contributed by atoms with Crippen molar-refractivity contribution in [2.45, 2.75) is 6.61 Å². The summed E-state index contributed by atoms with van der Waals surface area (Å²) in [6.45, 7) is 0.120. The number of carbonyl (C=O) groups excluding carboxylic acids is 1. The molecule has 0 saturated heterocycles. The highest BCUT2D eigenvalue weighted by atomic mass is 19.1. The van der Waals surface area contributed by atoms with Gasteiger partial charge in [0, 0.05) is 18.2 Å². The fourth-order valence-corrected chi connectivity index (χ4v) is 3.60. The highest BCUT2D eigenvalue weighted by Gasteiger charge is 2.15. The third-order valence-electron chi connectivity index (χ3n) is 5.28. The van der Waals surface area contributed by atoms with E-state index in [1.165, 1.54) is 28.8 Å². The Bertz CT molecular complexity index is 1520. The van der Waals surface area contributed by atoms with Gasteiger partial charge in [0.05, 0.1) is 10.9 Å². The highest BCUT2D eigenvalue weighted by Crippen LogP contribution is 2.19. The standard InChI is InChI=1S/C24H17FN4O3/c1-28-23(31)19-4-2-3-5-20(19)29-21(26-27-24(28)29)14-32-18-12-8-16(9-13-18)22(30)15-6-10-17(25)11-7-15/h2-13H,14H2,1H3. The fraction of sp³-hybridized carbons (Fsp3) is 0.0833. The van der Waals surface area contributed by atoms with Crippen molar-refractivity contribution in [3.63, 3.8) is 0 Å². The topological polar surface area (TPSA) is 78.5 Å². The van der Waals surface area contributed by atoms with Gasteiger partial charge in [0.15, 0.2) is 11.6 Å². The predicted molar refractivity (Wildman–Crippen MR) is 116 cm³/mol. The van der Waals surface area contributed by atoms with Crippen LogP contribution >= 0.6 is 0 Å². The average Bonchev–Trinajstić information content (AvgIpc) is 3.26. The molecule has 158 valence electrons. The number of aromatic nitrogens is 4. The summed E-state index contributed by atoms with van der Waals surface area (Å²) in [5.41, 5.74) is 1.44. The number of hydrogen-bond donors (Lipinski definition) is 0. The van der Waals surface area contributed by atoms with E-state index in [4.69, 9.17) is 4.74 Å². The molecule has 2 aromatic heterocycles. The number of fused-ring (bicyclic) bond motifs is 3. The van der Waals surface area contributed by atoms with Crippen LogP contribution in [-0.2, 0) is 13.7 Å². The molecule has 3 aromatic carbocycles. The molecule has 0 bridgehead atoms. The second-order valence-electron chi connectivity index (χ2n) is 7.28. The summed E-state index contributed by atoms with van der Waals surface area (Å²) in [5, 5.41) is 8.90. The van der Waals surface area contributed by atoms with Crippen LogP contribution in [0.2, 0.25) is 0 Å². The maximum atomic E-state index is 13.1. The van der Waals surface area contributed by atoms with Gasteiger partial charge >= 0.3 is 0 Å². The first-order valence-corrected chi connectivity index (χ1v) is 9.88. The lowest BCUT2D eigenvalue weighted by molar-refractivity contribution is 0.103. The molecule has 5 aromatic rings. The molecule has 0 atom stereocenters. The van der Waals surface area contributed by atoms with Gasteiger partial charge in [0.1, 0.15) is 18.2 Å². The van der Waals surface area contributed by atoms with Gasteiger partial charge in [-0.25, -0.2) is 4.39 Å². The largest absolute Gasteiger partial charge is 0.486 e. The van der Waals surface area contributed by atoms with Crippen molar-refractivity contribution < 1.29 is 13.9 Å². The molecular formula is C24H17FN4O3. The van der Waals surface area contributed by atoms with E-state index >= 15 is 0 Å². The number of ether oxygens (including phenoxy) is 1. The van der Waals surface area contributed by atoms with E-state index in [1.807, 2.05) is 18.2 Å². The first-order valence-electron chi connectivity index (χ1n) is 9.88. The second-order valence-corrected chi connectivity index (χ2v) is 7.28. The molecule has 32 heavy (non-hydrogen) atoms. The van der Waals surface area contributed by atoms with Crippen LogP contribution in [0.1, 0.15) is 21.7 Å². The van der Waals surface area contributed by atoms with Crippen LogP contribution in [0.15, 0.2) is 77.6 Å². The van der Waals surface area contributed by atoms with E-state index in [1.54, 1.807) is 41.8 Å². The maximum Gasteiger partial charge on any atom is 0.262 e. The first-order chi connectivity index (χ1) is 15.5. The number of carbonyl (C=O) groups is 1. The number of ketones is 1. The normalized spacial score (nSPS) is 11.2. The van der Waals surface area contributed by atoms with Crippen molar-refractivity contribution in [1.82, 2.24) is 19.2 Å².